The smallest absolute Gasteiger partial charge is 0.347 e. The molecule has 1 rings (SSSR count). The number of hydrogen-bond acceptors (Lipinski definition) is 16. The Labute approximate surface area is 277 Å². The maximum atomic E-state index is 12.4. The molecule has 266 valence electrons. The molecule has 0 N–H and O–H groups in total. The second-order valence-electron chi connectivity index (χ2n) is 10.5. The lowest BCUT2D eigenvalue weighted by Crippen LogP contribution is -2.39. The molecule has 0 aliphatic heterocycles. The Bertz CT molecular complexity index is 1290. The Morgan fingerprint density at radius 3 is 1.06 bits per heavy atom. The van der Waals surface area contributed by atoms with E-state index in [2.05, 4.69) is 0 Å². The molecule has 1 aromatic rings. The van der Waals surface area contributed by atoms with Gasteiger partial charge in [0, 0.05) is 6.42 Å². The van der Waals surface area contributed by atoms with Gasteiger partial charge in [0.2, 0.25) is 0 Å². The molecule has 0 saturated heterocycles. The van der Waals surface area contributed by atoms with E-state index in [9.17, 15) is 38.4 Å². The first-order valence-corrected chi connectivity index (χ1v) is 15.1. The van der Waals surface area contributed by atoms with Crippen LogP contribution in [-0.2, 0) is 82.9 Å². The minimum Gasteiger partial charge on any atom is -0.458 e. The maximum absolute atomic E-state index is 12.4. The second-order valence-corrected chi connectivity index (χ2v) is 10.5. The SMILES string of the molecule is CCCC(=O)O[C@@H](C)C(=O)O[C@H](C)C(=O)O[C@H](C)C(=O)O[C@H](C)C(=O)O[C@H](C)C(=O)O[C@H](C)C(=O)O[C@H](C)C(=O)OCc1ccccc1. The van der Waals surface area contributed by atoms with Gasteiger partial charge in [-0.3, -0.25) is 4.79 Å². The molecule has 0 amide bonds. The Morgan fingerprint density at radius 1 is 0.458 bits per heavy atom. The first-order chi connectivity index (χ1) is 22.5. The van der Waals surface area contributed by atoms with E-state index in [4.69, 9.17) is 37.9 Å². The number of carbonyl (C=O) groups is 8. The average Bonchev–Trinajstić information content (AvgIpc) is 3.03. The first-order valence-electron chi connectivity index (χ1n) is 15.1. The summed E-state index contributed by atoms with van der Waals surface area (Å²) in [6.45, 7) is 9.98. The highest BCUT2D eigenvalue weighted by Crippen LogP contribution is 2.10. The first kappa shape index (κ1) is 41.0. The van der Waals surface area contributed by atoms with Crippen LogP contribution in [0.4, 0.5) is 0 Å². The van der Waals surface area contributed by atoms with Crippen molar-refractivity contribution in [1.82, 2.24) is 0 Å². The quantitative estimate of drug-likeness (QED) is 0.160. The summed E-state index contributed by atoms with van der Waals surface area (Å²) in [7, 11) is 0. The van der Waals surface area contributed by atoms with Crippen LogP contribution in [0.15, 0.2) is 30.3 Å². The van der Waals surface area contributed by atoms with E-state index in [-0.39, 0.29) is 13.0 Å². The summed E-state index contributed by atoms with van der Waals surface area (Å²) in [5.41, 5.74) is 0.724. The molecule has 0 heterocycles. The Balaban J connectivity index is 2.49. The van der Waals surface area contributed by atoms with Crippen LogP contribution < -0.4 is 0 Å². The van der Waals surface area contributed by atoms with Crippen LogP contribution in [0.5, 0.6) is 0 Å². The van der Waals surface area contributed by atoms with Gasteiger partial charge in [-0.25, -0.2) is 33.6 Å². The number of ether oxygens (including phenoxy) is 8. The number of rotatable bonds is 18. The lowest BCUT2D eigenvalue weighted by atomic mass is 10.2. The zero-order chi connectivity index (χ0) is 36.6. The van der Waals surface area contributed by atoms with Crippen LogP contribution >= 0.6 is 0 Å². The van der Waals surface area contributed by atoms with E-state index in [0.29, 0.717) is 6.42 Å². The van der Waals surface area contributed by atoms with Crippen molar-refractivity contribution in [2.45, 2.75) is 118 Å². The van der Waals surface area contributed by atoms with Gasteiger partial charge in [-0.1, -0.05) is 37.3 Å². The van der Waals surface area contributed by atoms with Gasteiger partial charge in [-0.2, -0.15) is 0 Å². The maximum Gasteiger partial charge on any atom is 0.347 e. The van der Waals surface area contributed by atoms with Crippen molar-refractivity contribution in [2.75, 3.05) is 0 Å². The van der Waals surface area contributed by atoms with Crippen LogP contribution in [0.3, 0.4) is 0 Å². The van der Waals surface area contributed by atoms with Gasteiger partial charge in [-0.15, -0.1) is 0 Å². The van der Waals surface area contributed by atoms with Crippen LogP contribution in [0, 0.1) is 0 Å². The summed E-state index contributed by atoms with van der Waals surface area (Å²) in [6, 6.07) is 8.81. The van der Waals surface area contributed by atoms with Gasteiger partial charge < -0.3 is 37.9 Å². The van der Waals surface area contributed by atoms with E-state index in [1.807, 2.05) is 0 Å². The minimum atomic E-state index is -1.58. The van der Waals surface area contributed by atoms with Crippen molar-refractivity contribution in [1.29, 1.82) is 0 Å². The Kier molecular flexibility index (Phi) is 17.3. The third-order valence-corrected chi connectivity index (χ3v) is 6.07. The van der Waals surface area contributed by atoms with Crippen molar-refractivity contribution in [3.05, 3.63) is 35.9 Å². The molecule has 0 aliphatic carbocycles. The van der Waals surface area contributed by atoms with E-state index >= 15 is 0 Å². The summed E-state index contributed by atoms with van der Waals surface area (Å²) in [6.07, 6.45) is -9.65. The van der Waals surface area contributed by atoms with Crippen molar-refractivity contribution in [3.8, 4) is 0 Å². The zero-order valence-corrected chi connectivity index (χ0v) is 28.1. The number of benzene rings is 1. The monoisotopic (exact) mass is 682 g/mol. The highest BCUT2D eigenvalue weighted by atomic mass is 16.7. The molecular formula is C32H42O16. The standard InChI is InChI=1S/C32H42O16/c1-9-13-25(33)42-18(3)27(35)44-20(5)29(37)46-22(7)31(39)48-23(8)32(40)47-21(6)30(38)45-19(4)28(36)43-17(2)26(34)41-16-24-14-11-10-12-15-24/h10-12,14-15,17-23H,9,13,16H2,1-8H3/t17-,18+,19-,20-,21-,22-,23-/m1/s1. The molecule has 16 nitrogen and oxygen atoms in total. The summed E-state index contributed by atoms with van der Waals surface area (Å²) in [5.74, 6) is -8.14. The van der Waals surface area contributed by atoms with Crippen molar-refractivity contribution < 1.29 is 76.3 Å². The number of esters is 8. The predicted molar refractivity (Wildman–Crippen MR) is 160 cm³/mol. The molecule has 0 spiro atoms. The topological polar surface area (TPSA) is 210 Å². The van der Waals surface area contributed by atoms with Crippen molar-refractivity contribution >= 4 is 47.8 Å². The number of hydrogen-bond donors (Lipinski definition) is 0. The lowest BCUT2D eigenvalue weighted by Gasteiger charge is -2.21. The molecular weight excluding hydrogens is 640 g/mol. The summed E-state index contributed by atoms with van der Waals surface area (Å²) < 4.78 is 39.6. The third kappa shape index (κ3) is 14.6. The second kappa shape index (κ2) is 20.3. The molecule has 7 atom stereocenters. The van der Waals surface area contributed by atoms with Crippen molar-refractivity contribution in [3.63, 3.8) is 0 Å². The molecule has 0 unspecified atom stereocenters. The molecule has 0 radical (unpaired) electrons. The largest absolute Gasteiger partial charge is 0.458 e. The third-order valence-electron chi connectivity index (χ3n) is 6.07. The van der Waals surface area contributed by atoms with Gasteiger partial charge in [0.1, 0.15) is 6.61 Å². The van der Waals surface area contributed by atoms with E-state index in [1.165, 1.54) is 27.7 Å². The highest BCUT2D eigenvalue weighted by Gasteiger charge is 2.33. The minimum absolute atomic E-state index is 0.0388. The van der Waals surface area contributed by atoms with Crippen molar-refractivity contribution in [2.24, 2.45) is 0 Å². The molecule has 1 aromatic carbocycles. The average molecular weight is 683 g/mol. The van der Waals surface area contributed by atoms with Crippen LogP contribution in [0.1, 0.15) is 73.8 Å². The van der Waals surface area contributed by atoms with Gasteiger partial charge in [0.25, 0.3) is 0 Å². The van der Waals surface area contributed by atoms with Gasteiger partial charge in [0.05, 0.1) is 0 Å². The van der Waals surface area contributed by atoms with Gasteiger partial charge in [-0.05, 0) is 60.5 Å². The summed E-state index contributed by atoms with van der Waals surface area (Å²) >= 11 is 0. The summed E-state index contributed by atoms with van der Waals surface area (Å²) in [5, 5.41) is 0. The van der Waals surface area contributed by atoms with Crippen LogP contribution in [-0.4, -0.2) is 90.5 Å². The lowest BCUT2D eigenvalue weighted by molar-refractivity contribution is -0.188. The zero-order valence-electron chi connectivity index (χ0n) is 28.1. The fourth-order valence-electron chi connectivity index (χ4n) is 3.26. The Hall–Kier alpha value is -5.02. The van der Waals surface area contributed by atoms with E-state index in [1.54, 1.807) is 37.3 Å². The van der Waals surface area contributed by atoms with Crippen LogP contribution in [0.2, 0.25) is 0 Å². The molecule has 0 aromatic heterocycles. The predicted octanol–water partition coefficient (Wildman–Crippen LogP) is 2.05. The number of carbonyl (C=O) groups excluding carboxylic acids is 8. The Morgan fingerprint density at radius 2 is 0.750 bits per heavy atom. The van der Waals surface area contributed by atoms with E-state index in [0.717, 1.165) is 26.3 Å². The molecule has 0 bridgehead atoms. The fraction of sp³-hybridized carbons (Fsp3) is 0.562. The highest BCUT2D eigenvalue weighted by molar-refractivity contribution is 5.87. The summed E-state index contributed by atoms with van der Waals surface area (Å²) in [4.78, 5) is 97.5. The van der Waals surface area contributed by atoms with Gasteiger partial charge in [0.15, 0.2) is 42.7 Å². The van der Waals surface area contributed by atoms with E-state index < -0.39 is 90.5 Å². The molecule has 0 fully saturated rings. The molecule has 0 saturated carbocycles. The molecule has 0 aliphatic rings. The normalized spacial score (nSPS) is 15.0. The van der Waals surface area contributed by atoms with Gasteiger partial charge >= 0.3 is 47.8 Å². The fourth-order valence-corrected chi connectivity index (χ4v) is 3.26. The van der Waals surface area contributed by atoms with Crippen LogP contribution in [0.25, 0.3) is 0 Å². The molecule has 16 heteroatoms. The molecule has 48 heavy (non-hydrogen) atoms.